The Morgan fingerprint density at radius 2 is 1.85 bits per heavy atom. The highest BCUT2D eigenvalue weighted by Crippen LogP contribution is 2.28. The number of nitrogens with zero attached hydrogens (tertiary/aromatic N) is 3. The molecule has 0 radical (unpaired) electrons. The molecule has 0 saturated heterocycles. The number of amides is 1. The molecule has 3 rings (SSSR count). The molecule has 26 heavy (non-hydrogen) atoms. The largest absolute Gasteiger partial charge is 0.338 e. The van der Waals surface area contributed by atoms with Gasteiger partial charge >= 0.3 is 0 Å². The first kappa shape index (κ1) is 18.6. The number of carbonyl (C=O) groups excluding carboxylic acids is 1. The van der Waals surface area contributed by atoms with E-state index in [-0.39, 0.29) is 17.8 Å². The van der Waals surface area contributed by atoms with E-state index in [1.807, 2.05) is 16.6 Å². The van der Waals surface area contributed by atoms with Gasteiger partial charge in [-0.15, -0.1) is 0 Å². The second kappa shape index (κ2) is 7.60. The van der Waals surface area contributed by atoms with Crippen LogP contribution in [-0.2, 0) is 12.8 Å². The zero-order valence-electron chi connectivity index (χ0n) is 16.1. The van der Waals surface area contributed by atoms with Crippen LogP contribution in [0, 0.1) is 11.7 Å². The Balaban J connectivity index is 1.97. The van der Waals surface area contributed by atoms with Gasteiger partial charge in [-0.2, -0.15) is 5.10 Å². The number of rotatable bonds is 5. The van der Waals surface area contributed by atoms with Crippen molar-refractivity contribution in [2.45, 2.75) is 58.9 Å². The Kier molecular flexibility index (Phi) is 5.44. The lowest BCUT2D eigenvalue weighted by molar-refractivity contribution is 0.0720. The van der Waals surface area contributed by atoms with Crippen molar-refractivity contribution >= 4 is 5.91 Å². The van der Waals surface area contributed by atoms with Crippen molar-refractivity contribution < 1.29 is 9.18 Å². The first-order valence-electron chi connectivity index (χ1n) is 9.52. The first-order chi connectivity index (χ1) is 12.4. The van der Waals surface area contributed by atoms with Crippen molar-refractivity contribution in [1.29, 1.82) is 0 Å². The molecule has 0 fully saturated rings. The van der Waals surface area contributed by atoms with Crippen molar-refractivity contribution in [1.82, 2.24) is 14.7 Å². The van der Waals surface area contributed by atoms with Crippen LogP contribution in [0.15, 0.2) is 24.3 Å². The molecule has 1 aliphatic carbocycles. The van der Waals surface area contributed by atoms with E-state index in [0.717, 1.165) is 49.0 Å². The molecule has 1 unspecified atom stereocenters. The van der Waals surface area contributed by atoms with Gasteiger partial charge in [0, 0.05) is 24.3 Å². The Bertz CT molecular complexity index is 779. The Hall–Kier alpha value is -2.17. The van der Waals surface area contributed by atoms with Crippen LogP contribution >= 0.6 is 0 Å². The van der Waals surface area contributed by atoms with Gasteiger partial charge < -0.3 is 4.90 Å². The van der Waals surface area contributed by atoms with Crippen LogP contribution < -0.4 is 0 Å². The van der Waals surface area contributed by atoms with Crippen LogP contribution in [0.2, 0.25) is 0 Å². The van der Waals surface area contributed by atoms with E-state index in [4.69, 9.17) is 0 Å². The fourth-order valence-corrected chi connectivity index (χ4v) is 3.77. The molecule has 1 aliphatic rings. The summed E-state index contributed by atoms with van der Waals surface area (Å²) in [7, 11) is 1.86. The lowest BCUT2D eigenvalue weighted by Gasteiger charge is -2.26. The number of benzene rings is 1. The van der Waals surface area contributed by atoms with Gasteiger partial charge in [0.25, 0.3) is 5.91 Å². The first-order valence-corrected chi connectivity index (χ1v) is 9.52. The van der Waals surface area contributed by atoms with Crippen LogP contribution in [0.25, 0.3) is 5.69 Å². The fourth-order valence-electron chi connectivity index (χ4n) is 3.77. The minimum atomic E-state index is -0.270. The van der Waals surface area contributed by atoms with Crippen molar-refractivity contribution in [3.05, 3.63) is 47.0 Å². The van der Waals surface area contributed by atoms with Gasteiger partial charge in [-0.3, -0.25) is 4.79 Å². The highest BCUT2D eigenvalue weighted by Gasteiger charge is 2.29. The van der Waals surface area contributed by atoms with Gasteiger partial charge in [-0.25, -0.2) is 9.07 Å². The van der Waals surface area contributed by atoms with Crippen LogP contribution in [0.4, 0.5) is 4.39 Å². The smallest absolute Gasteiger partial charge is 0.274 e. The van der Waals surface area contributed by atoms with Gasteiger partial charge in [-0.1, -0.05) is 13.8 Å². The average molecular weight is 357 g/mol. The van der Waals surface area contributed by atoms with Gasteiger partial charge in [-0.05, 0) is 69.2 Å². The van der Waals surface area contributed by atoms with Crippen LogP contribution in [0.3, 0.4) is 0 Å². The summed E-state index contributed by atoms with van der Waals surface area (Å²) in [5.41, 5.74) is 3.52. The molecule has 1 amide bonds. The predicted octanol–water partition coefficient (Wildman–Crippen LogP) is 4.40. The molecule has 2 aromatic rings. The molecule has 1 aromatic carbocycles. The second-order valence-corrected chi connectivity index (χ2v) is 7.76. The van der Waals surface area contributed by atoms with Gasteiger partial charge in [0.1, 0.15) is 5.82 Å². The second-order valence-electron chi connectivity index (χ2n) is 7.76. The molecule has 5 heteroatoms. The highest BCUT2D eigenvalue weighted by molar-refractivity contribution is 5.94. The quantitative estimate of drug-likeness (QED) is 0.796. The predicted molar refractivity (Wildman–Crippen MR) is 101 cm³/mol. The lowest BCUT2D eigenvalue weighted by atomic mass is 9.95. The van der Waals surface area contributed by atoms with Crippen LogP contribution in [0.5, 0.6) is 0 Å². The summed E-state index contributed by atoms with van der Waals surface area (Å²) in [6.07, 6.45) is 4.91. The molecule has 1 atom stereocenters. The summed E-state index contributed by atoms with van der Waals surface area (Å²) in [5, 5.41) is 4.68. The van der Waals surface area contributed by atoms with Gasteiger partial charge in [0.2, 0.25) is 0 Å². The summed E-state index contributed by atoms with van der Waals surface area (Å²) >= 11 is 0. The zero-order chi connectivity index (χ0) is 18.8. The van der Waals surface area contributed by atoms with E-state index in [1.54, 1.807) is 12.1 Å². The lowest BCUT2D eigenvalue weighted by Crippen LogP contribution is -2.36. The number of halogens is 1. The molecule has 4 nitrogen and oxygen atoms in total. The van der Waals surface area contributed by atoms with Crippen molar-refractivity contribution in [3.8, 4) is 5.69 Å². The third-order valence-corrected chi connectivity index (χ3v) is 5.25. The molecule has 140 valence electrons. The Morgan fingerprint density at radius 3 is 2.50 bits per heavy atom. The van der Waals surface area contributed by atoms with E-state index < -0.39 is 0 Å². The topological polar surface area (TPSA) is 38.1 Å². The Labute approximate surface area is 155 Å². The third kappa shape index (κ3) is 3.67. The maximum atomic E-state index is 13.3. The molecule has 1 aromatic heterocycles. The number of carbonyl (C=O) groups is 1. The molecule has 0 saturated carbocycles. The molecule has 0 bridgehead atoms. The number of hydrogen-bond acceptors (Lipinski definition) is 2. The summed E-state index contributed by atoms with van der Waals surface area (Å²) in [6, 6.07) is 6.47. The zero-order valence-corrected chi connectivity index (χ0v) is 16.1. The number of hydrogen-bond donors (Lipinski definition) is 0. The van der Waals surface area contributed by atoms with Crippen molar-refractivity contribution in [3.63, 3.8) is 0 Å². The summed E-state index contributed by atoms with van der Waals surface area (Å²) in [5.74, 6) is 0.247. The molecule has 0 aliphatic heterocycles. The minimum absolute atomic E-state index is 0.0165. The summed E-state index contributed by atoms with van der Waals surface area (Å²) in [6.45, 7) is 6.42. The van der Waals surface area contributed by atoms with Crippen LogP contribution in [-0.4, -0.2) is 33.7 Å². The molecular formula is C21H28FN3O. The number of aromatic nitrogens is 2. The van der Waals surface area contributed by atoms with E-state index in [9.17, 15) is 9.18 Å². The summed E-state index contributed by atoms with van der Waals surface area (Å²) in [4.78, 5) is 14.9. The van der Waals surface area contributed by atoms with E-state index in [0.29, 0.717) is 11.6 Å². The third-order valence-electron chi connectivity index (χ3n) is 5.25. The maximum Gasteiger partial charge on any atom is 0.274 e. The van der Waals surface area contributed by atoms with E-state index in [2.05, 4.69) is 25.9 Å². The minimum Gasteiger partial charge on any atom is -0.338 e. The normalized spacial score (nSPS) is 15.0. The van der Waals surface area contributed by atoms with Gasteiger partial charge in [0.15, 0.2) is 5.69 Å². The summed E-state index contributed by atoms with van der Waals surface area (Å²) < 4.78 is 15.1. The van der Waals surface area contributed by atoms with Crippen LogP contribution in [0.1, 0.15) is 61.8 Å². The monoisotopic (exact) mass is 357 g/mol. The van der Waals surface area contributed by atoms with Crippen molar-refractivity contribution in [2.24, 2.45) is 5.92 Å². The Morgan fingerprint density at radius 1 is 1.19 bits per heavy atom. The van der Waals surface area contributed by atoms with E-state index >= 15 is 0 Å². The maximum absolute atomic E-state index is 13.3. The fraction of sp³-hybridized carbons (Fsp3) is 0.524. The van der Waals surface area contributed by atoms with E-state index in [1.165, 1.54) is 12.1 Å². The average Bonchev–Trinajstić information content (AvgIpc) is 3.00. The highest BCUT2D eigenvalue weighted by atomic mass is 19.1. The molecular weight excluding hydrogens is 329 g/mol. The molecule has 1 heterocycles. The standard InChI is InChI=1S/C21H28FN3O/c1-14(2)13-15(3)24(4)21(26)20-18-7-5-6-8-19(18)25(23-20)17-11-9-16(22)10-12-17/h9-12,14-15H,5-8,13H2,1-4H3. The van der Waals surface area contributed by atoms with Crippen molar-refractivity contribution in [2.75, 3.05) is 7.05 Å². The SMILES string of the molecule is CC(C)CC(C)N(C)C(=O)c1nn(-c2ccc(F)cc2)c2c1CCCC2. The molecule has 0 N–H and O–H groups in total. The molecule has 0 spiro atoms. The number of fused-ring (bicyclic) bond motifs is 1. The van der Waals surface area contributed by atoms with Gasteiger partial charge in [0.05, 0.1) is 5.69 Å².